The van der Waals surface area contributed by atoms with Gasteiger partial charge in [0.2, 0.25) is 5.92 Å². The Hall–Kier alpha value is -0.950. The van der Waals surface area contributed by atoms with Crippen LogP contribution in [0.3, 0.4) is 0 Å². The standard InChI is InChI=1S/C15H26F2N2O3/c1-12(2,3)22-11(20)19-14(8-9-21-10-14)13(18)4-6-15(16,17)7-5-13/h4-10,18H2,1-3H3,(H,19,20). The van der Waals surface area contributed by atoms with E-state index in [1.165, 1.54) is 0 Å². The number of nitrogens with two attached hydrogens (primary N) is 1. The highest BCUT2D eigenvalue weighted by Crippen LogP contribution is 2.44. The maximum absolute atomic E-state index is 13.4. The summed E-state index contributed by atoms with van der Waals surface area (Å²) in [6.45, 7) is 5.98. The van der Waals surface area contributed by atoms with Gasteiger partial charge in [-0.1, -0.05) is 0 Å². The minimum Gasteiger partial charge on any atom is -0.444 e. The Kier molecular flexibility index (Phi) is 4.43. The second kappa shape index (κ2) is 5.60. The van der Waals surface area contributed by atoms with E-state index in [1.54, 1.807) is 20.8 Å². The summed E-state index contributed by atoms with van der Waals surface area (Å²) in [4.78, 5) is 12.1. The lowest BCUT2D eigenvalue weighted by Gasteiger charge is -2.49. The Bertz CT molecular complexity index is 419. The molecule has 0 aromatic heterocycles. The van der Waals surface area contributed by atoms with Gasteiger partial charge < -0.3 is 20.5 Å². The molecule has 1 atom stereocenters. The first-order valence-electron chi connectivity index (χ1n) is 7.73. The van der Waals surface area contributed by atoms with Crippen molar-refractivity contribution in [1.29, 1.82) is 0 Å². The summed E-state index contributed by atoms with van der Waals surface area (Å²) in [5.74, 6) is -2.67. The third-order valence-corrected chi connectivity index (χ3v) is 4.59. The van der Waals surface area contributed by atoms with Crippen LogP contribution in [0.1, 0.15) is 52.9 Å². The van der Waals surface area contributed by atoms with E-state index >= 15 is 0 Å². The summed E-state index contributed by atoms with van der Waals surface area (Å²) >= 11 is 0. The zero-order chi connectivity index (χ0) is 16.6. The molecular weight excluding hydrogens is 294 g/mol. The van der Waals surface area contributed by atoms with Crippen LogP contribution in [0.25, 0.3) is 0 Å². The van der Waals surface area contributed by atoms with Crippen molar-refractivity contribution in [2.24, 2.45) is 5.73 Å². The molecule has 22 heavy (non-hydrogen) atoms. The Morgan fingerprint density at radius 2 is 1.77 bits per heavy atom. The number of ether oxygens (including phenoxy) is 2. The van der Waals surface area contributed by atoms with Gasteiger partial charge in [-0.2, -0.15) is 0 Å². The lowest BCUT2D eigenvalue weighted by atomic mass is 9.67. The Labute approximate surface area is 129 Å². The Balaban J connectivity index is 2.13. The SMILES string of the molecule is CC(C)(C)OC(=O)NC1(C2(N)CCC(F)(F)CC2)CCOC1. The maximum atomic E-state index is 13.4. The van der Waals surface area contributed by atoms with Gasteiger partial charge >= 0.3 is 6.09 Å². The zero-order valence-corrected chi connectivity index (χ0v) is 13.5. The molecule has 2 rings (SSSR count). The molecule has 1 aliphatic carbocycles. The number of halogens is 2. The molecule has 0 spiro atoms. The largest absolute Gasteiger partial charge is 0.444 e. The predicted molar refractivity (Wildman–Crippen MR) is 77.9 cm³/mol. The molecule has 1 unspecified atom stereocenters. The van der Waals surface area contributed by atoms with E-state index in [0.717, 1.165) is 0 Å². The smallest absolute Gasteiger partial charge is 0.408 e. The predicted octanol–water partition coefficient (Wildman–Crippen LogP) is 2.58. The molecule has 1 saturated carbocycles. The maximum Gasteiger partial charge on any atom is 0.408 e. The van der Waals surface area contributed by atoms with E-state index in [1.807, 2.05) is 0 Å². The van der Waals surface area contributed by atoms with Crippen LogP contribution in [-0.4, -0.2) is 41.9 Å². The fraction of sp³-hybridized carbons (Fsp3) is 0.933. The average Bonchev–Trinajstić information content (AvgIpc) is 2.81. The third kappa shape index (κ3) is 3.68. The molecule has 1 aliphatic heterocycles. The molecule has 1 amide bonds. The van der Waals surface area contributed by atoms with Crippen LogP contribution < -0.4 is 11.1 Å². The van der Waals surface area contributed by atoms with Gasteiger partial charge in [-0.15, -0.1) is 0 Å². The number of carbonyl (C=O) groups excluding carboxylic acids is 1. The lowest BCUT2D eigenvalue weighted by molar-refractivity contribution is -0.0661. The van der Waals surface area contributed by atoms with Crippen LogP contribution >= 0.6 is 0 Å². The van der Waals surface area contributed by atoms with E-state index < -0.39 is 28.7 Å². The number of amides is 1. The molecule has 5 nitrogen and oxygen atoms in total. The molecule has 2 aliphatic rings. The minimum atomic E-state index is -2.67. The van der Waals surface area contributed by atoms with Gasteiger partial charge in [-0.05, 0) is 40.0 Å². The van der Waals surface area contributed by atoms with Gasteiger partial charge in [0.15, 0.2) is 0 Å². The molecule has 2 fully saturated rings. The quantitative estimate of drug-likeness (QED) is 0.820. The fourth-order valence-corrected chi connectivity index (χ4v) is 3.22. The summed E-state index contributed by atoms with van der Waals surface area (Å²) < 4.78 is 37.6. The molecule has 0 aromatic rings. The van der Waals surface area contributed by atoms with E-state index in [-0.39, 0.29) is 32.3 Å². The highest BCUT2D eigenvalue weighted by molar-refractivity contribution is 5.69. The highest BCUT2D eigenvalue weighted by atomic mass is 19.3. The molecule has 1 heterocycles. The summed E-state index contributed by atoms with van der Waals surface area (Å²) in [5, 5.41) is 2.83. The molecule has 3 N–H and O–H groups in total. The van der Waals surface area contributed by atoms with E-state index in [0.29, 0.717) is 13.0 Å². The number of alkyl carbamates (subject to hydrolysis) is 1. The van der Waals surface area contributed by atoms with Gasteiger partial charge in [0, 0.05) is 25.0 Å². The van der Waals surface area contributed by atoms with Crippen LogP contribution in [0.5, 0.6) is 0 Å². The van der Waals surface area contributed by atoms with Gasteiger partial charge in [0.25, 0.3) is 0 Å². The molecule has 128 valence electrons. The lowest BCUT2D eigenvalue weighted by Crippen LogP contribution is -2.71. The van der Waals surface area contributed by atoms with E-state index in [4.69, 9.17) is 15.2 Å². The van der Waals surface area contributed by atoms with Gasteiger partial charge in [0.05, 0.1) is 12.1 Å². The summed E-state index contributed by atoms with van der Waals surface area (Å²) in [6, 6.07) is 0. The number of alkyl halides is 2. The van der Waals surface area contributed by atoms with Crippen LogP contribution in [-0.2, 0) is 9.47 Å². The molecule has 7 heteroatoms. The van der Waals surface area contributed by atoms with E-state index in [9.17, 15) is 13.6 Å². The first-order chi connectivity index (χ1) is 9.97. The Morgan fingerprint density at radius 1 is 1.18 bits per heavy atom. The van der Waals surface area contributed by atoms with E-state index in [2.05, 4.69) is 5.32 Å². The van der Waals surface area contributed by atoms with Gasteiger partial charge in [-0.25, -0.2) is 13.6 Å². The zero-order valence-electron chi connectivity index (χ0n) is 13.5. The van der Waals surface area contributed by atoms with Crippen molar-refractivity contribution < 1.29 is 23.0 Å². The molecule has 0 aromatic carbocycles. The first-order valence-corrected chi connectivity index (χ1v) is 7.73. The molecule has 1 saturated heterocycles. The topological polar surface area (TPSA) is 73.6 Å². The highest BCUT2D eigenvalue weighted by Gasteiger charge is 2.56. The summed E-state index contributed by atoms with van der Waals surface area (Å²) in [5.41, 5.74) is 4.07. The second-order valence-corrected chi connectivity index (χ2v) is 7.52. The number of rotatable bonds is 2. The minimum absolute atomic E-state index is 0.152. The van der Waals surface area contributed by atoms with Gasteiger partial charge in [-0.3, -0.25) is 0 Å². The number of nitrogens with one attached hydrogen (secondary N) is 1. The van der Waals surface area contributed by atoms with Crippen molar-refractivity contribution in [3.05, 3.63) is 0 Å². The monoisotopic (exact) mass is 320 g/mol. The van der Waals surface area contributed by atoms with Crippen LogP contribution in [0, 0.1) is 0 Å². The number of hydrogen-bond donors (Lipinski definition) is 2. The van der Waals surface area contributed by atoms with Crippen LogP contribution in [0.2, 0.25) is 0 Å². The first kappa shape index (κ1) is 17.4. The van der Waals surface area contributed by atoms with Crippen molar-refractivity contribution in [2.75, 3.05) is 13.2 Å². The second-order valence-electron chi connectivity index (χ2n) is 7.52. The Morgan fingerprint density at radius 3 is 2.23 bits per heavy atom. The summed E-state index contributed by atoms with van der Waals surface area (Å²) in [7, 11) is 0. The normalized spacial score (nSPS) is 30.8. The molecule has 0 radical (unpaired) electrons. The summed E-state index contributed by atoms with van der Waals surface area (Å²) in [6.07, 6.45) is -0.296. The number of hydrogen-bond acceptors (Lipinski definition) is 4. The average molecular weight is 320 g/mol. The van der Waals surface area contributed by atoms with Gasteiger partial charge in [0.1, 0.15) is 5.60 Å². The van der Waals surface area contributed by atoms with Crippen molar-refractivity contribution >= 4 is 6.09 Å². The van der Waals surface area contributed by atoms with Crippen molar-refractivity contribution in [2.45, 2.75) is 75.5 Å². The van der Waals surface area contributed by atoms with Crippen molar-refractivity contribution in [3.63, 3.8) is 0 Å². The van der Waals surface area contributed by atoms with Crippen LogP contribution in [0.4, 0.5) is 13.6 Å². The number of carbonyl (C=O) groups is 1. The van der Waals surface area contributed by atoms with Crippen LogP contribution in [0.15, 0.2) is 0 Å². The molecular formula is C15H26F2N2O3. The van der Waals surface area contributed by atoms with Crippen molar-refractivity contribution in [3.8, 4) is 0 Å². The molecule has 0 bridgehead atoms. The third-order valence-electron chi connectivity index (χ3n) is 4.59. The van der Waals surface area contributed by atoms with Crippen molar-refractivity contribution in [1.82, 2.24) is 5.32 Å². The fourth-order valence-electron chi connectivity index (χ4n) is 3.22.